The Bertz CT molecular complexity index is 1050. The minimum Gasteiger partial charge on any atom is -0.350 e. The summed E-state index contributed by atoms with van der Waals surface area (Å²) in [5.41, 5.74) is 4.51. The van der Waals surface area contributed by atoms with Crippen molar-refractivity contribution in [1.82, 2.24) is 24.6 Å². The largest absolute Gasteiger partial charge is 0.350 e. The highest BCUT2D eigenvalue weighted by Crippen LogP contribution is 2.30. The Morgan fingerprint density at radius 2 is 1.96 bits per heavy atom. The second-order valence-corrected chi connectivity index (χ2v) is 7.03. The van der Waals surface area contributed by atoms with Crippen LogP contribution in [-0.2, 0) is 26.4 Å². The van der Waals surface area contributed by atoms with Gasteiger partial charge in [0.1, 0.15) is 5.56 Å². The standard InChI is InChI=1S/C21H23N5O2/c1-25-13-4-6-17(21(25)28)20(27)23-12-14-26-18-7-3-2-5-16(18)19(24-26)15-8-10-22-11-9-15/h4,6,8-11,13H,2-3,5,7,12,14H2,1H3,(H,23,27). The Labute approximate surface area is 163 Å². The van der Waals surface area contributed by atoms with E-state index in [4.69, 9.17) is 5.10 Å². The summed E-state index contributed by atoms with van der Waals surface area (Å²) in [4.78, 5) is 28.5. The highest BCUT2D eigenvalue weighted by Gasteiger charge is 2.21. The van der Waals surface area contributed by atoms with E-state index in [9.17, 15) is 9.59 Å². The van der Waals surface area contributed by atoms with Crippen LogP contribution in [0.15, 0.2) is 47.7 Å². The second-order valence-electron chi connectivity index (χ2n) is 7.03. The number of nitrogens with zero attached hydrogens (tertiary/aromatic N) is 4. The van der Waals surface area contributed by atoms with Crippen LogP contribution in [-0.4, -0.2) is 31.8 Å². The third kappa shape index (κ3) is 3.47. The SMILES string of the molecule is Cn1cccc(C(=O)NCCn2nc(-c3ccncc3)c3c2CCCC3)c1=O. The number of fused-ring (bicyclic) bond motifs is 1. The molecular formula is C21H23N5O2. The van der Waals surface area contributed by atoms with Crippen LogP contribution in [0.3, 0.4) is 0 Å². The van der Waals surface area contributed by atoms with Gasteiger partial charge in [-0.25, -0.2) is 0 Å². The Morgan fingerprint density at radius 3 is 2.79 bits per heavy atom. The van der Waals surface area contributed by atoms with E-state index in [0.29, 0.717) is 13.1 Å². The van der Waals surface area contributed by atoms with Crippen molar-refractivity contribution in [1.29, 1.82) is 0 Å². The van der Waals surface area contributed by atoms with Crippen LogP contribution < -0.4 is 10.9 Å². The molecule has 0 saturated carbocycles. The van der Waals surface area contributed by atoms with E-state index in [-0.39, 0.29) is 17.0 Å². The van der Waals surface area contributed by atoms with Gasteiger partial charge in [0.15, 0.2) is 0 Å². The number of nitrogens with one attached hydrogen (secondary N) is 1. The lowest BCUT2D eigenvalue weighted by Crippen LogP contribution is -2.34. The molecule has 144 valence electrons. The van der Waals surface area contributed by atoms with Gasteiger partial charge in [0, 0.05) is 49.0 Å². The predicted octanol–water partition coefficient (Wildman–Crippen LogP) is 1.95. The van der Waals surface area contributed by atoms with Gasteiger partial charge in [-0.05, 0) is 49.9 Å². The average Bonchev–Trinajstić information content (AvgIpc) is 3.09. The van der Waals surface area contributed by atoms with E-state index >= 15 is 0 Å². The van der Waals surface area contributed by atoms with Crippen LogP contribution in [0.25, 0.3) is 11.3 Å². The molecule has 0 spiro atoms. The summed E-state index contributed by atoms with van der Waals surface area (Å²) >= 11 is 0. The molecule has 28 heavy (non-hydrogen) atoms. The van der Waals surface area contributed by atoms with Crippen molar-refractivity contribution in [3.05, 3.63) is 70.0 Å². The summed E-state index contributed by atoms with van der Waals surface area (Å²) in [5, 5.41) is 7.68. The number of carbonyl (C=O) groups is 1. The molecule has 4 rings (SSSR count). The zero-order valence-electron chi connectivity index (χ0n) is 15.9. The van der Waals surface area contributed by atoms with Gasteiger partial charge in [-0.15, -0.1) is 0 Å². The van der Waals surface area contributed by atoms with Gasteiger partial charge in [0.25, 0.3) is 11.5 Å². The molecule has 0 radical (unpaired) electrons. The summed E-state index contributed by atoms with van der Waals surface area (Å²) in [6.45, 7) is 0.993. The lowest BCUT2D eigenvalue weighted by atomic mass is 9.94. The first-order valence-electron chi connectivity index (χ1n) is 9.58. The van der Waals surface area contributed by atoms with Crippen molar-refractivity contribution in [2.45, 2.75) is 32.2 Å². The third-order valence-corrected chi connectivity index (χ3v) is 5.19. The summed E-state index contributed by atoms with van der Waals surface area (Å²) in [7, 11) is 1.63. The molecule has 1 aliphatic carbocycles. The molecule has 1 N–H and O–H groups in total. The first-order chi connectivity index (χ1) is 13.6. The number of rotatable bonds is 5. The molecule has 1 amide bonds. The number of hydrogen-bond acceptors (Lipinski definition) is 4. The van der Waals surface area contributed by atoms with Crippen LogP contribution in [0.5, 0.6) is 0 Å². The van der Waals surface area contributed by atoms with E-state index in [1.807, 2.05) is 16.8 Å². The van der Waals surface area contributed by atoms with Gasteiger partial charge >= 0.3 is 0 Å². The zero-order valence-corrected chi connectivity index (χ0v) is 15.9. The van der Waals surface area contributed by atoms with Gasteiger partial charge in [-0.2, -0.15) is 5.10 Å². The minimum absolute atomic E-state index is 0.157. The second kappa shape index (κ2) is 7.80. The van der Waals surface area contributed by atoms with E-state index in [1.54, 1.807) is 37.8 Å². The van der Waals surface area contributed by atoms with Crippen molar-refractivity contribution in [2.24, 2.45) is 7.05 Å². The Morgan fingerprint density at radius 1 is 1.18 bits per heavy atom. The van der Waals surface area contributed by atoms with Crippen LogP contribution >= 0.6 is 0 Å². The molecule has 7 heteroatoms. The molecule has 0 unspecified atom stereocenters. The van der Waals surface area contributed by atoms with Crippen molar-refractivity contribution in [2.75, 3.05) is 6.54 Å². The van der Waals surface area contributed by atoms with Crippen LogP contribution in [0.1, 0.15) is 34.5 Å². The summed E-state index contributed by atoms with van der Waals surface area (Å²) in [6, 6.07) is 7.21. The van der Waals surface area contributed by atoms with Gasteiger partial charge in [-0.1, -0.05) is 0 Å². The fourth-order valence-electron chi connectivity index (χ4n) is 3.74. The normalized spacial score (nSPS) is 13.2. The van der Waals surface area contributed by atoms with E-state index in [1.165, 1.54) is 22.2 Å². The Kier molecular flexibility index (Phi) is 5.06. The summed E-state index contributed by atoms with van der Waals surface area (Å²) < 4.78 is 3.41. The minimum atomic E-state index is -0.350. The maximum absolute atomic E-state index is 12.4. The number of aryl methyl sites for hydroxylation is 1. The fraction of sp³-hybridized carbons (Fsp3) is 0.333. The number of hydrogen-bond donors (Lipinski definition) is 1. The highest BCUT2D eigenvalue weighted by atomic mass is 16.2. The molecule has 0 saturated heterocycles. The highest BCUT2D eigenvalue weighted by molar-refractivity contribution is 5.93. The van der Waals surface area contributed by atoms with Crippen LogP contribution in [0.2, 0.25) is 0 Å². The lowest BCUT2D eigenvalue weighted by molar-refractivity contribution is 0.0949. The van der Waals surface area contributed by atoms with E-state index in [0.717, 1.165) is 30.5 Å². The van der Waals surface area contributed by atoms with Crippen molar-refractivity contribution >= 4 is 5.91 Å². The van der Waals surface area contributed by atoms with E-state index < -0.39 is 0 Å². The molecule has 7 nitrogen and oxygen atoms in total. The lowest BCUT2D eigenvalue weighted by Gasteiger charge is -2.14. The average molecular weight is 377 g/mol. The molecule has 0 fully saturated rings. The third-order valence-electron chi connectivity index (χ3n) is 5.19. The molecule has 3 aromatic heterocycles. The molecule has 3 aromatic rings. The summed E-state index contributed by atoms with van der Waals surface area (Å²) in [5.74, 6) is -0.350. The Hall–Kier alpha value is -3.22. The maximum Gasteiger partial charge on any atom is 0.263 e. The summed E-state index contributed by atoms with van der Waals surface area (Å²) in [6.07, 6.45) is 9.55. The van der Waals surface area contributed by atoms with Crippen molar-refractivity contribution in [3.8, 4) is 11.3 Å². The number of carbonyl (C=O) groups excluding carboxylic acids is 1. The molecule has 0 atom stereocenters. The van der Waals surface area contributed by atoms with Crippen LogP contribution in [0, 0.1) is 0 Å². The molecular weight excluding hydrogens is 354 g/mol. The molecule has 3 heterocycles. The molecule has 0 aromatic carbocycles. The maximum atomic E-state index is 12.4. The number of pyridine rings is 2. The van der Waals surface area contributed by atoms with Crippen molar-refractivity contribution in [3.63, 3.8) is 0 Å². The van der Waals surface area contributed by atoms with Crippen LogP contribution in [0.4, 0.5) is 0 Å². The van der Waals surface area contributed by atoms with Gasteiger partial charge in [0.2, 0.25) is 0 Å². The van der Waals surface area contributed by atoms with Gasteiger partial charge in [-0.3, -0.25) is 19.3 Å². The first kappa shape index (κ1) is 18.2. The number of amides is 1. The zero-order chi connectivity index (χ0) is 19.5. The molecule has 0 aliphatic heterocycles. The van der Waals surface area contributed by atoms with E-state index in [2.05, 4.69) is 10.3 Å². The van der Waals surface area contributed by atoms with Gasteiger partial charge in [0.05, 0.1) is 12.2 Å². The van der Waals surface area contributed by atoms with Crippen molar-refractivity contribution < 1.29 is 4.79 Å². The predicted molar refractivity (Wildman–Crippen MR) is 106 cm³/mol. The molecule has 1 aliphatic rings. The molecule has 0 bridgehead atoms. The Balaban J connectivity index is 1.51. The number of aromatic nitrogens is 4. The fourth-order valence-corrected chi connectivity index (χ4v) is 3.74. The monoisotopic (exact) mass is 377 g/mol. The smallest absolute Gasteiger partial charge is 0.263 e. The quantitative estimate of drug-likeness (QED) is 0.737. The van der Waals surface area contributed by atoms with Gasteiger partial charge < -0.3 is 9.88 Å². The topological polar surface area (TPSA) is 81.8 Å². The first-order valence-corrected chi connectivity index (χ1v) is 9.58.